The fraction of sp³-hybridized carbons (Fsp3) is 0.273. The third-order valence-corrected chi connectivity index (χ3v) is 2.14. The lowest BCUT2D eigenvalue weighted by Gasteiger charge is -2.09. The molecular formula is C11H11ClO2. The average Bonchev–Trinajstić information content (AvgIpc) is 2.20. The van der Waals surface area contributed by atoms with Crippen molar-refractivity contribution in [2.75, 3.05) is 14.2 Å². The zero-order valence-corrected chi connectivity index (χ0v) is 8.89. The predicted octanol–water partition coefficient (Wildman–Crippen LogP) is 2.53. The Morgan fingerprint density at radius 3 is 2.43 bits per heavy atom. The van der Waals surface area contributed by atoms with Crippen molar-refractivity contribution in [1.29, 1.82) is 0 Å². The number of halogens is 1. The largest absolute Gasteiger partial charge is 0.496 e. The fourth-order valence-electron chi connectivity index (χ4n) is 1.17. The Morgan fingerprint density at radius 2 is 1.93 bits per heavy atom. The Hall–Kier alpha value is -1.33. The monoisotopic (exact) mass is 210 g/mol. The fourth-order valence-corrected chi connectivity index (χ4v) is 1.40. The van der Waals surface area contributed by atoms with Gasteiger partial charge >= 0.3 is 0 Å². The first-order valence-electron chi connectivity index (χ1n) is 4.06. The number of rotatable bonds is 3. The number of benzene rings is 1. The van der Waals surface area contributed by atoms with Gasteiger partial charge in [0.1, 0.15) is 11.5 Å². The van der Waals surface area contributed by atoms with E-state index in [1.165, 1.54) is 0 Å². The Kier molecular flexibility index (Phi) is 3.67. The van der Waals surface area contributed by atoms with Gasteiger partial charge in [-0.25, -0.2) is 0 Å². The van der Waals surface area contributed by atoms with Gasteiger partial charge < -0.3 is 9.47 Å². The summed E-state index contributed by atoms with van der Waals surface area (Å²) in [6.45, 7) is 0. The molecule has 0 N–H and O–H groups in total. The molecule has 1 aromatic rings. The molecule has 0 spiro atoms. The molecule has 0 saturated heterocycles. The van der Waals surface area contributed by atoms with Gasteiger partial charge in [-0.2, -0.15) is 0 Å². The number of hydrogen-bond acceptors (Lipinski definition) is 2. The molecule has 3 heteroatoms. The minimum absolute atomic E-state index is 0.497. The molecule has 0 aliphatic heterocycles. The molecule has 2 nitrogen and oxygen atoms in total. The van der Waals surface area contributed by atoms with Crippen molar-refractivity contribution in [2.24, 2.45) is 0 Å². The molecule has 1 rings (SSSR count). The van der Waals surface area contributed by atoms with E-state index in [2.05, 4.69) is 5.92 Å². The van der Waals surface area contributed by atoms with Gasteiger partial charge in [-0.3, -0.25) is 0 Å². The van der Waals surface area contributed by atoms with Gasteiger partial charge in [0, 0.05) is 18.1 Å². The van der Waals surface area contributed by atoms with Crippen LogP contribution in [0.1, 0.15) is 5.56 Å². The van der Waals surface area contributed by atoms with Gasteiger partial charge in [0.25, 0.3) is 0 Å². The van der Waals surface area contributed by atoms with Crippen molar-refractivity contribution in [3.8, 4) is 23.8 Å². The van der Waals surface area contributed by atoms with E-state index >= 15 is 0 Å². The Labute approximate surface area is 88.8 Å². The van der Waals surface area contributed by atoms with E-state index in [1.807, 2.05) is 0 Å². The molecule has 14 heavy (non-hydrogen) atoms. The van der Waals surface area contributed by atoms with Gasteiger partial charge in [0.05, 0.1) is 19.2 Å². The Morgan fingerprint density at radius 1 is 1.29 bits per heavy atom. The molecule has 0 radical (unpaired) electrons. The van der Waals surface area contributed by atoms with Crippen LogP contribution in [0.25, 0.3) is 0 Å². The molecule has 0 aromatic heterocycles. The first-order valence-corrected chi connectivity index (χ1v) is 4.44. The summed E-state index contributed by atoms with van der Waals surface area (Å²) in [6.07, 6.45) is 5.73. The van der Waals surface area contributed by atoms with E-state index in [1.54, 1.807) is 26.4 Å². The number of hydrogen-bond donors (Lipinski definition) is 0. The predicted molar refractivity (Wildman–Crippen MR) is 57.1 cm³/mol. The highest BCUT2D eigenvalue weighted by Gasteiger charge is 2.08. The highest BCUT2D eigenvalue weighted by atomic mass is 35.5. The first-order chi connectivity index (χ1) is 6.72. The zero-order chi connectivity index (χ0) is 10.6. The summed E-state index contributed by atoms with van der Waals surface area (Å²) in [5.41, 5.74) is 0.899. The summed E-state index contributed by atoms with van der Waals surface area (Å²) in [5.74, 6) is 3.85. The van der Waals surface area contributed by atoms with Crippen molar-refractivity contribution in [3.05, 3.63) is 22.7 Å². The van der Waals surface area contributed by atoms with Gasteiger partial charge in [0.2, 0.25) is 0 Å². The molecule has 0 fully saturated rings. The molecule has 0 atom stereocenters. The SMILES string of the molecule is C#CCc1cc(OC)c(Cl)cc1OC. The summed E-state index contributed by atoms with van der Waals surface area (Å²) < 4.78 is 10.2. The maximum atomic E-state index is 5.92. The van der Waals surface area contributed by atoms with Crippen LogP contribution in [0.3, 0.4) is 0 Å². The van der Waals surface area contributed by atoms with Crippen LogP contribution in [0.4, 0.5) is 0 Å². The molecule has 0 aliphatic rings. The normalized spacial score (nSPS) is 9.29. The van der Waals surface area contributed by atoms with Crippen molar-refractivity contribution >= 4 is 11.6 Å². The molecule has 0 heterocycles. The molecule has 0 unspecified atom stereocenters. The minimum atomic E-state index is 0.497. The number of terminal acetylenes is 1. The zero-order valence-electron chi connectivity index (χ0n) is 8.13. The summed E-state index contributed by atoms with van der Waals surface area (Å²) in [4.78, 5) is 0. The third kappa shape index (κ3) is 2.12. The first kappa shape index (κ1) is 10.7. The van der Waals surface area contributed by atoms with Crippen molar-refractivity contribution in [2.45, 2.75) is 6.42 Å². The van der Waals surface area contributed by atoms with Crippen molar-refractivity contribution in [1.82, 2.24) is 0 Å². The van der Waals surface area contributed by atoms with Crippen molar-refractivity contribution < 1.29 is 9.47 Å². The Bertz CT molecular complexity index is 366. The lowest BCUT2D eigenvalue weighted by Crippen LogP contribution is -1.93. The molecule has 0 amide bonds. The topological polar surface area (TPSA) is 18.5 Å². The van der Waals surface area contributed by atoms with E-state index < -0.39 is 0 Å². The minimum Gasteiger partial charge on any atom is -0.496 e. The van der Waals surface area contributed by atoms with E-state index in [9.17, 15) is 0 Å². The third-order valence-electron chi connectivity index (χ3n) is 1.85. The molecule has 0 bridgehead atoms. The summed E-state index contributed by atoms with van der Waals surface area (Å²) in [6, 6.07) is 3.49. The summed E-state index contributed by atoms with van der Waals surface area (Å²) in [5, 5.41) is 0.519. The van der Waals surface area contributed by atoms with Gasteiger partial charge in [-0.1, -0.05) is 11.6 Å². The standard InChI is InChI=1S/C11H11ClO2/c1-4-5-8-6-11(14-3)9(12)7-10(8)13-2/h1,6-7H,5H2,2-3H3. The van der Waals surface area contributed by atoms with E-state index in [0.717, 1.165) is 5.56 Å². The second-order valence-corrected chi connectivity index (χ2v) is 3.09. The molecule has 1 aromatic carbocycles. The number of methoxy groups -OCH3 is 2. The molecular weight excluding hydrogens is 200 g/mol. The second kappa shape index (κ2) is 4.78. The van der Waals surface area contributed by atoms with Crippen LogP contribution < -0.4 is 9.47 Å². The highest BCUT2D eigenvalue weighted by Crippen LogP contribution is 2.32. The lowest BCUT2D eigenvalue weighted by molar-refractivity contribution is 0.400. The smallest absolute Gasteiger partial charge is 0.138 e. The van der Waals surface area contributed by atoms with Crippen LogP contribution >= 0.6 is 11.6 Å². The van der Waals surface area contributed by atoms with Crippen LogP contribution in [0, 0.1) is 12.3 Å². The lowest BCUT2D eigenvalue weighted by atomic mass is 10.1. The Balaban J connectivity index is 3.19. The maximum absolute atomic E-state index is 5.92. The average molecular weight is 211 g/mol. The quantitative estimate of drug-likeness (QED) is 0.714. The van der Waals surface area contributed by atoms with Crippen LogP contribution in [0.5, 0.6) is 11.5 Å². The van der Waals surface area contributed by atoms with E-state index in [4.69, 9.17) is 27.5 Å². The second-order valence-electron chi connectivity index (χ2n) is 2.68. The maximum Gasteiger partial charge on any atom is 0.138 e. The van der Waals surface area contributed by atoms with Crippen molar-refractivity contribution in [3.63, 3.8) is 0 Å². The summed E-state index contributed by atoms with van der Waals surface area (Å²) >= 11 is 5.92. The van der Waals surface area contributed by atoms with Crippen LogP contribution in [-0.2, 0) is 6.42 Å². The van der Waals surface area contributed by atoms with E-state index in [0.29, 0.717) is 22.9 Å². The molecule has 74 valence electrons. The number of ether oxygens (including phenoxy) is 2. The van der Waals surface area contributed by atoms with Gasteiger partial charge in [-0.15, -0.1) is 12.3 Å². The van der Waals surface area contributed by atoms with Crippen LogP contribution in [0.15, 0.2) is 12.1 Å². The molecule has 0 saturated carbocycles. The van der Waals surface area contributed by atoms with Gasteiger partial charge in [-0.05, 0) is 6.07 Å². The summed E-state index contributed by atoms with van der Waals surface area (Å²) in [7, 11) is 3.14. The highest BCUT2D eigenvalue weighted by molar-refractivity contribution is 6.32. The molecule has 0 aliphatic carbocycles. The van der Waals surface area contributed by atoms with Crippen LogP contribution in [-0.4, -0.2) is 14.2 Å². The van der Waals surface area contributed by atoms with Gasteiger partial charge in [0.15, 0.2) is 0 Å². The van der Waals surface area contributed by atoms with E-state index in [-0.39, 0.29) is 0 Å². The van der Waals surface area contributed by atoms with Crippen LogP contribution in [0.2, 0.25) is 5.02 Å².